The second kappa shape index (κ2) is 5.69. The Hall–Kier alpha value is -1.30. The smallest absolute Gasteiger partial charge is 0.243 e. The molecule has 16 heavy (non-hydrogen) atoms. The van der Waals surface area contributed by atoms with E-state index in [-0.39, 0.29) is 5.91 Å². The van der Waals surface area contributed by atoms with Gasteiger partial charge in [-0.2, -0.15) is 5.26 Å². The molecule has 0 aromatic carbocycles. The van der Waals surface area contributed by atoms with Crippen molar-refractivity contribution in [2.45, 2.75) is 38.5 Å². The van der Waals surface area contributed by atoms with Crippen LogP contribution in [0.3, 0.4) is 0 Å². The molecule has 0 bridgehead atoms. The minimum Gasteiger partial charge on any atom is -0.341 e. The zero-order chi connectivity index (χ0) is 12.0. The average Bonchev–Trinajstić information content (AvgIpc) is 2.54. The maximum Gasteiger partial charge on any atom is 0.243 e. The number of nitrogens with zero attached hydrogens (tertiary/aromatic N) is 2. The number of carbonyl (C=O) groups excluding carboxylic acids is 1. The van der Waals surface area contributed by atoms with Gasteiger partial charge in [-0.05, 0) is 12.8 Å². The number of hydrogen-bond donors (Lipinski definition) is 0. The van der Waals surface area contributed by atoms with Gasteiger partial charge in [0.25, 0.3) is 0 Å². The largest absolute Gasteiger partial charge is 0.341 e. The Morgan fingerprint density at radius 3 is 2.44 bits per heavy atom. The van der Waals surface area contributed by atoms with E-state index in [9.17, 15) is 10.1 Å². The molecule has 1 saturated carbocycles. The highest BCUT2D eigenvalue weighted by Crippen LogP contribution is 2.35. The van der Waals surface area contributed by atoms with Crippen molar-refractivity contribution < 1.29 is 4.79 Å². The van der Waals surface area contributed by atoms with Gasteiger partial charge in [0.1, 0.15) is 5.41 Å². The molecule has 0 radical (unpaired) electrons. The molecule has 0 N–H and O–H groups in total. The molecule has 3 nitrogen and oxygen atoms in total. The van der Waals surface area contributed by atoms with E-state index in [1.807, 2.05) is 0 Å². The van der Waals surface area contributed by atoms with Crippen molar-refractivity contribution in [3.63, 3.8) is 0 Å². The first-order valence-electron chi connectivity index (χ1n) is 5.94. The third-order valence-electron chi connectivity index (χ3n) is 3.33. The number of amides is 1. The summed E-state index contributed by atoms with van der Waals surface area (Å²) in [6, 6.07) is 2.27. The summed E-state index contributed by atoms with van der Waals surface area (Å²) in [5, 5.41) is 9.33. The summed E-state index contributed by atoms with van der Waals surface area (Å²) in [4.78, 5) is 13.9. The molecule has 0 atom stereocenters. The summed E-state index contributed by atoms with van der Waals surface area (Å²) in [6.07, 6.45) is 7.37. The summed E-state index contributed by atoms with van der Waals surface area (Å²) in [5.41, 5.74) is -0.770. The first-order chi connectivity index (χ1) is 7.66. The molecule has 0 unspecified atom stereocenters. The second-order valence-electron chi connectivity index (χ2n) is 4.58. The van der Waals surface area contributed by atoms with Gasteiger partial charge in [-0.25, -0.2) is 0 Å². The SMILES string of the molecule is C=CCN(C)C(=O)C1(C#N)CCCCCC1. The molecule has 0 aliphatic heterocycles. The van der Waals surface area contributed by atoms with Crippen LogP contribution in [0, 0.1) is 16.7 Å². The van der Waals surface area contributed by atoms with Crippen LogP contribution in [0.2, 0.25) is 0 Å². The molecule has 88 valence electrons. The fraction of sp³-hybridized carbons (Fsp3) is 0.692. The molecule has 1 aliphatic rings. The molecule has 1 fully saturated rings. The van der Waals surface area contributed by atoms with Gasteiger partial charge in [-0.3, -0.25) is 4.79 Å². The van der Waals surface area contributed by atoms with Gasteiger partial charge in [-0.15, -0.1) is 6.58 Å². The van der Waals surface area contributed by atoms with Gasteiger partial charge in [0, 0.05) is 13.6 Å². The van der Waals surface area contributed by atoms with Crippen molar-refractivity contribution in [1.29, 1.82) is 5.26 Å². The molecule has 1 amide bonds. The summed E-state index contributed by atoms with van der Waals surface area (Å²) in [7, 11) is 1.74. The fourth-order valence-corrected chi connectivity index (χ4v) is 2.35. The summed E-state index contributed by atoms with van der Waals surface area (Å²) >= 11 is 0. The normalized spacial score (nSPS) is 19.2. The molecular formula is C13H20N2O. The van der Waals surface area contributed by atoms with E-state index in [1.165, 1.54) is 0 Å². The predicted molar refractivity (Wildman–Crippen MR) is 63.6 cm³/mol. The molecule has 0 aromatic rings. The summed E-state index contributed by atoms with van der Waals surface area (Å²) in [6.45, 7) is 4.13. The van der Waals surface area contributed by atoms with Gasteiger partial charge in [-0.1, -0.05) is 31.8 Å². The van der Waals surface area contributed by atoms with E-state index in [1.54, 1.807) is 18.0 Å². The predicted octanol–water partition coefficient (Wildman–Crippen LogP) is 2.49. The molecule has 0 aromatic heterocycles. The van der Waals surface area contributed by atoms with Gasteiger partial charge in [0.2, 0.25) is 5.91 Å². The Morgan fingerprint density at radius 2 is 2.00 bits per heavy atom. The highest BCUT2D eigenvalue weighted by molar-refractivity contribution is 5.85. The molecule has 0 saturated heterocycles. The average molecular weight is 220 g/mol. The van der Waals surface area contributed by atoms with Crippen LogP contribution in [0.25, 0.3) is 0 Å². The summed E-state index contributed by atoms with van der Waals surface area (Å²) < 4.78 is 0. The molecule has 0 heterocycles. The zero-order valence-electron chi connectivity index (χ0n) is 10.0. The minimum absolute atomic E-state index is 0.0307. The minimum atomic E-state index is -0.770. The Bertz CT molecular complexity index is 296. The van der Waals surface area contributed by atoms with Crippen LogP contribution < -0.4 is 0 Å². The van der Waals surface area contributed by atoms with E-state index in [2.05, 4.69) is 12.6 Å². The van der Waals surface area contributed by atoms with Crippen molar-refractivity contribution in [2.24, 2.45) is 5.41 Å². The van der Waals surface area contributed by atoms with Crippen molar-refractivity contribution in [2.75, 3.05) is 13.6 Å². The zero-order valence-corrected chi connectivity index (χ0v) is 10.0. The quantitative estimate of drug-likeness (QED) is 0.542. The topological polar surface area (TPSA) is 44.1 Å². The van der Waals surface area contributed by atoms with Crippen LogP contribution in [-0.4, -0.2) is 24.4 Å². The van der Waals surface area contributed by atoms with Crippen molar-refractivity contribution in [3.8, 4) is 6.07 Å². The Labute approximate surface area is 97.7 Å². The lowest BCUT2D eigenvalue weighted by Crippen LogP contribution is -2.41. The molecular weight excluding hydrogens is 200 g/mol. The molecule has 0 spiro atoms. The number of rotatable bonds is 3. The number of hydrogen-bond acceptors (Lipinski definition) is 2. The van der Waals surface area contributed by atoms with E-state index in [0.29, 0.717) is 19.4 Å². The first kappa shape index (κ1) is 12.8. The Kier molecular flexibility index (Phi) is 4.54. The van der Waals surface area contributed by atoms with Crippen LogP contribution >= 0.6 is 0 Å². The number of carbonyl (C=O) groups is 1. The highest BCUT2D eigenvalue weighted by atomic mass is 16.2. The van der Waals surface area contributed by atoms with Crippen LogP contribution in [0.15, 0.2) is 12.7 Å². The number of likely N-dealkylation sites (N-methyl/N-ethyl adjacent to an activating group) is 1. The number of nitriles is 1. The molecule has 1 aliphatic carbocycles. The van der Waals surface area contributed by atoms with Crippen LogP contribution in [0.4, 0.5) is 0 Å². The monoisotopic (exact) mass is 220 g/mol. The van der Waals surface area contributed by atoms with E-state index in [0.717, 1.165) is 25.7 Å². The van der Waals surface area contributed by atoms with Gasteiger partial charge in [0.15, 0.2) is 0 Å². The first-order valence-corrected chi connectivity index (χ1v) is 5.94. The lowest BCUT2D eigenvalue weighted by molar-refractivity contribution is -0.137. The van der Waals surface area contributed by atoms with E-state index >= 15 is 0 Å². The molecule has 1 rings (SSSR count). The Balaban J connectivity index is 2.81. The lowest BCUT2D eigenvalue weighted by Gasteiger charge is -2.28. The standard InChI is InChI=1S/C13H20N2O/c1-3-10-15(2)12(16)13(11-14)8-6-4-5-7-9-13/h3H,1,4-10H2,2H3. The van der Waals surface area contributed by atoms with Crippen LogP contribution in [0.1, 0.15) is 38.5 Å². The van der Waals surface area contributed by atoms with Crippen molar-refractivity contribution in [1.82, 2.24) is 4.90 Å². The van der Waals surface area contributed by atoms with Crippen molar-refractivity contribution >= 4 is 5.91 Å². The lowest BCUT2D eigenvalue weighted by atomic mass is 9.80. The fourth-order valence-electron chi connectivity index (χ4n) is 2.35. The molecule has 3 heteroatoms. The maximum absolute atomic E-state index is 12.2. The highest BCUT2D eigenvalue weighted by Gasteiger charge is 2.40. The third-order valence-corrected chi connectivity index (χ3v) is 3.33. The van der Waals surface area contributed by atoms with E-state index in [4.69, 9.17) is 0 Å². The van der Waals surface area contributed by atoms with Gasteiger partial charge < -0.3 is 4.90 Å². The second-order valence-corrected chi connectivity index (χ2v) is 4.58. The maximum atomic E-state index is 12.2. The van der Waals surface area contributed by atoms with Gasteiger partial charge in [0.05, 0.1) is 6.07 Å². The van der Waals surface area contributed by atoms with E-state index < -0.39 is 5.41 Å². The van der Waals surface area contributed by atoms with Crippen LogP contribution in [-0.2, 0) is 4.79 Å². The van der Waals surface area contributed by atoms with Gasteiger partial charge >= 0.3 is 0 Å². The van der Waals surface area contributed by atoms with Crippen LogP contribution in [0.5, 0.6) is 0 Å². The van der Waals surface area contributed by atoms with Crippen molar-refractivity contribution in [3.05, 3.63) is 12.7 Å². The third kappa shape index (κ3) is 2.63. The summed E-state index contributed by atoms with van der Waals surface area (Å²) in [5.74, 6) is -0.0307. The Morgan fingerprint density at radius 1 is 1.44 bits per heavy atom.